The van der Waals surface area contributed by atoms with Gasteiger partial charge in [0, 0.05) is 29.9 Å². The van der Waals surface area contributed by atoms with E-state index in [2.05, 4.69) is 17.2 Å². The van der Waals surface area contributed by atoms with Crippen molar-refractivity contribution in [3.05, 3.63) is 29.0 Å². The van der Waals surface area contributed by atoms with Gasteiger partial charge in [-0.1, -0.05) is 18.5 Å². The zero-order valence-corrected chi connectivity index (χ0v) is 12.8. The van der Waals surface area contributed by atoms with Crippen molar-refractivity contribution in [3.8, 4) is 0 Å². The van der Waals surface area contributed by atoms with Gasteiger partial charge in [-0.2, -0.15) is 11.8 Å². The SMILES string of the molecule is CCCNC(Cc1ccncc1Cl)C1CSCCO1. The number of hydrogen-bond donors (Lipinski definition) is 1. The van der Waals surface area contributed by atoms with Crippen molar-refractivity contribution in [2.45, 2.75) is 31.9 Å². The maximum absolute atomic E-state index is 6.20. The van der Waals surface area contributed by atoms with E-state index in [9.17, 15) is 0 Å². The highest BCUT2D eigenvalue weighted by molar-refractivity contribution is 7.99. The topological polar surface area (TPSA) is 34.2 Å². The molecule has 0 amide bonds. The molecule has 0 radical (unpaired) electrons. The van der Waals surface area contributed by atoms with Gasteiger partial charge in [0.2, 0.25) is 0 Å². The molecular weight excluding hydrogens is 280 g/mol. The minimum absolute atomic E-state index is 0.273. The monoisotopic (exact) mass is 300 g/mol. The van der Waals surface area contributed by atoms with Crippen LogP contribution in [0.2, 0.25) is 5.02 Å². The predicted octanol–water partition coefficient (Wildman–Crippen LogP) is 2.78. The molecule has 1 aliphatic rings. The van der Waals surface area contributed by atoms with Gasteiger partial charge in [-0.05, 0) is 31.0 Å². The van der Waals surface area contributed by atoms with Crippen LogP contribution in [0, 0.1) is 0 Å². The Bertz CT molecular complexity index is 385. The Morgan fingerprint density at radius 3 is 3.21 bits per heavy atom. The lowest BCUT2D eigenvalue weighted by molar-refractivity contribution is 0.0472. The first kappa shape index (κ1) is 15.1. The van der Waals surface area contributed by atoms with Crippen LogP contribution in [0.25, 0.3) is 0 Å². The molecule has 1 N–H and O–H groups in total. The predicted molar refractivity (Wildman–Crippen MR) is 82.1 cm³/mol. The molecule has 1 saturated heterocycles. The molecule has 1 aromatic rings. The van der Waals surface area contributed by atoms with E-state index in [0.717, 1.165) is 48.1 Å². The highest BCUT2D eigenvalue weighted by Gasteiger charge is 2.25. The van der Waals surface area contributed by atoms with Gasteiger partial charge in [0.25, 0.3) is 0 Å². The van der Waals surface area contributed by atoms with Crippen molar-refractivity contribution in [1.29, 1.82) is 0 Å². The molecule has 0 bridgehead atoms. The minimum atomic E-state index is 0.273. The summed E-state index contributed by atoms with van der Waals surface area (Å²) in [6.45, 7) is 4.04. The number of hydrogen-bond acceptors (Lipinski definition) is 4. The molecule has 1 aromatic heterocycles. The van der Waals surface area contributed by atoms with Crippen molar-refractivity contribution < 1.29 is 4.74 Å². The van der Waals surface area contributed by atoms with Crippen molar-refractivity contribution in [2.75, 3.05) is 24.7 Å². The summed E-state index contributed by atoms with van der Waals surface area (Å²) in [5.74, 6) is 2.16. The molecule has 1 fully saturated rings. The second-order valence-corrected chi connectivity index (χ2v) is 6.27. The lowest BCUT2D eigenvalue weighted by Crippen LogP contribution is -2.46. The number of thioether (sulfide) groups is 1. The summed E-state index contributed by atoms with van der Waals surface area (Å²) in [6, 6.07) is 2.33. The van der Waals surface area contributed by atoms with Gasteiger partial charge in [-0.3, -0.25) is 4.98 Å². The Balaban J connectivity index is 2.02. The molecule has 0 aliphatic carbocycles. The quantitative estimate of drug-likeness (QED) is 0.876. The van der Waals surface area contributed by atoms with Gasteiger partial charge in [0.1, 0.15) is 0 Å². The largest absolute Gasteiger partial charge is 0.375 e. The third kappa shape index (κ3) is 4.63. The van der Waals surface area contributed by atoms with Crippen LogP contribution in [-0.2, 0) is 11.2 Å². The summed E-state index contributed by atoms with van der Waals surface area (Å²) >= 11 is 8.17. The minimum Gasteiger partial charge on any atom is -0.375 e. The molecular formula is C14H21ClN2OS. The maximum atomic E-state index is 6.20. The summed E-state index contributed by atoms with van der Waals surface area (Å²) < 4.78 is 5.91. The molecule has 3 nitrogen and oxygen atoms in total. The first-order chi connectivity index (χ1) is 9.31. The van der Waals surface area contributed by atoms with E-state index in [-0.39, 0.29) is 6.10 Å². The molecule has 19 heavy (non-hydrogen) atoms. The van der Waals surface area contributed by atoms with Gasteiger partial charge >= 0.3 is 0 Å². The summed E-state index contributed by atoms with van der Waals surface area (Å²) in [5, 5.41) is 4.34. The normalized spacial score (nSPS) is 21.3. The molecule has 1 aliphatic heterocycles. The number of halogens is 1. The molecule has 2 rings (SSSR count). The fourth-order valence-corrected chi connectivity index (χ4v) is 3.35. The van der Waals surface area contributed by atoms with E-state index in [1.54, 1.807) is 12.4 Å². The lowest BCUT2D eigenvalue weighted by Gasteiger charge is -2.31. The Morgan fingerprint density at radius 2 is 2.53 bits per heavy atom. The van der Waals surface area contributed by atoms with Crippen LogP contribution in [0.5, 0.6) is 0 Å². The van der Waals surface area contributed by atoms with Crippen LogP contribution in [-0.4, -0.2) is 41.8 Å². The van der Waals surface area contributed by atoms with Crippen molar-refractivity contribution in [2.24, 2.45) is 0 Å². The van der Waals surface area contributed by atoms with Crippen molar-refractivity contribution >= 4 is 23.4 Å². The zero-order valence-electron chi connectivity index (χ0n) is 11.3. The number of aromatic nitrogens is 1. The molecule has 5 heteroatoms. The van der Waals surface area contributed by atoms with E-state index in [1.165, 1.54) is 0 Å². The number of pyridine rings is 1. The molecule has 2 heterocycles. The van der Waals surface area contributed by atoms with Crippen LogP contribution >= 0.6 is 23.4 Å². The van der Waals surface area contributed by atoms with Crippen LogP contribution in [0.4, 0.5) is 0 Å². The average Bonchev–Trinajstić information content (AvgIpc) is 2.46. The Morgan fingerprint density at radius 1 is 1.63 bits per heavy atom. The van der Waals surface area contributed by atoms with E-state index < -0.39 is 0 Å². The Hall–Kier alpha value is -0.290. The van der Waals surface area contributed by atoms with Gasteiger partial charge in [-0.25, -0.2) is 0 Å². The first-order valence-electron chi connectivity index (χ1n) is 6.82. The van der Waals surface area contributed by atoms with Crippen molar-refractivity contribution in [3.63, 3.8) is 0 Å². The molecule has 0 saturated carbocycles. The molecule has 2 atom stereocenters. The van der Waals surface area contributed by atoms with Crippen molar-refractivity contribution in [1.82, 2.24) is 10.3 Å². The van der Waals surface area contributed by atoms with Gasteiger partial charge in [-0.15, -0.1) is 0 Å². The van der Waals surface area contributed by atoms with E-state index in [4.69, 9.17) is 16.3 Å². The second-order valence-electron chi connectivity index (χ2n) is 4.72. The maximum Gasteiger partial charge on any atom is 0.0821 e. The summed E-state index contributed by atoms with van der Waals surface area (Å²) in [7, 11) is 0. The van der Waals surface area contributed by atoms with E-state index >= 15 is 0 Å². The van der Waals surface area contributed by atoms with E-state index in [1.807, 2.05) is 17.8 Å². The molecule has 2 unspecified atom stereocenters. The highest BCUT2D eigenvalue weighted by Crippen LogP contribution is 2.21. The first-order valence-corrected chi connectivity index (χ1v) is 8.35. The third-order valence-corrected chi connectivity index (χ3v) is 4.60. The fraction of sp³-hybridized carbons (Fsp3) is 0.643. The Kier molecular flexibility index (Phi) is 6.44. The summed E-state index contributed by atoms with van der Waals surface area (Å²) in [4.78, 5) is 4.04. The fourth-order valence-electron chi connectivity index (χ4n) is 2.21. The Labute approximate surface area is 124 Å². The summed E-state index contributed by atoms with van der Waals surface area (Å²) in [6.07, 6.45) is 5.81. The van der Waals surface area contributed by atoms with Crippen LogP contribution in [0.15, 0.2) is 18.5 Å². The lowest BCUT2D eigenvalue weighted by atomic mass is 10.0. The highest BCUT2D eigenvalue weighted by atomic mass is 35.5. The molecule has 0 aromatic carbocycles. The smallest absolute Gasteiger partial charge is 0.0821 e. The number of ether oxygens (including phenoxy) is 1. The van der Waals surface area contributed by atoms with Crippen LogP contribution < -0.4 is 5.32 Å². The average molecular weight is 301 g/mol. The number of nitrogens with one attached hydrogen (secondary N) is 1. The van der Waals surface area contributed by atoms with Gasteiger partial charge in [0.05, 0.1) is 17.7 Å². The molecule has 0 spiro atoms. The zero-order chi connectivity index (χ0) is 13.5. The third-order valence-electron chi connectivity index (χ3n) is 3.24. The number of rotatable bonds is 6. The van der Waals surface area contributed by atoms with Crippen LogP contribution in [0.1, 0.15) is 18.9 Å². The standard InChI is InChI=1S/C14H21ClN2OS/c1-2-4-17-13(14-10-19-7-6-18-14)8-11-3-5-16-9-12(11)15/h3,5,9,13-14,17H,2,4,6-8,10H2,1H3. The number of nitrogens with zero attached hydrogens (tertiary/aromatic N) is 1. The van der Waals surface area contributed by atoms with Gasteiger partial charge in [0.15, 0.2) is 0 Å². The van der Waals surface area contributed by atoms with E-state index in [0.29, 0.717) is 6.04 Å². The molecule has 106 valence electrons. The van der Waals surface area contributed by atoms with Gasteiger partial charge < -0.3 is 10.1 Å². The summed E-state index contributed by atoms with van der Waals surface area (Å²) in [5.41, 5.74) is 1.14. The second kappa shape index (κ2) is 8.10. The van der Waals surface area contributed by atoms with Crippen LogP contribution in [0.3, 0.4) is 0 Å².